The summed E-state index contributed by atoms with van der Waals surface area (Å²) in [5.74, 6) is -0.157. The van der Waals surface area contributed by atoms with Gasteiger partial charge in [0, 0.05) is 19.6 Å². The number of aromatic carboxylic acids is 1. The van der Waals surface area contributed by atoms with Gasteiger partial charge in [0.2, 0.25) is 0 Å². The normalized spacial score (nSPS) is 10.4. The predicted molar refractivity (Wildman–Crippen MR) is 84.8 cm³/mol. The molecule has 5 heteroatoms. The number of benzene rings is 2. The van der Waals surface area contributed by atoms with Crippen molar-refractivity contribution in [2.45, 2.75) is 10.6 Å². The van der Waals surface area contributed by atoms with Gasteiger partial charge in [0.05, 0.1) is 5.56 Å². The molecule has 0 radical (unpaired) electrons. The molecule has 0 aliphatic heterocycles. The molecule has 0 amide bonds. The molecule has 0 aliphatic carbocycles. The van der Waals surface area contributed by atoms with E-state index in [4.69, 9.17) is 5.11 Å². The molecule has 2 aromatic carbocycles. The Hall–Kier alpha value is -0.780. The van der Waals surface area contributed by atoms with Crippen molar-refractivity contribution < 1.29 is 9.90 Å². The van der Waals surface area contributed by atoms with Gasteiger partial charge in [-0.25, -0.2) is 4.79 Å². The number of carboxylic acids is 1. The fourth-order valence-electron chi connectivity index (χ4n) is 1.53. The van der Waals surface area contributed by atoms with Gasteiger partial charge in [-0.15, -0.1) is 11.8 Å². The molecule has 2 nitrogen and oxygen atoms in total. The molecule has 19 heavy (non-hydrogen) atoms. The van der Waals surface area contributed by atoms with Gasteiger partial charge in [-0.05, 0) is 35.9 Å². The predicted octanol–water partition coefficient (Wildman–Crippen LogP) is 5.20. The second kappa shape index (κ2) is 6.59. The Balaban J connectivity index is 2.16. The smallest absolute Gasteiger partial charge is 0.336 e. The van der Waals surface area contributed by atoms with Gasteiger partial charge in [0.1, 0.15) is 0 Å². The average molecular weight is 402 g/mol. The SMILES string of the molecule is O=C(O)c1ccc(Br)cc1SCc1ccc(Br)cc1. The van der Waals surface area contributed by atoms with Crippen LogP contribution in [0.1, 0.15) is 15.9 Å². The molecule has 0 bridgehead atoms. The molecule has 0 saturated heterocycles. The standard InChI is InChI=1S/C14H10Br2O2S/c15-10-3-1-9(2-4-10)8-19-13-7-11(16)5-6-12(13)14(17)18/h1-7H,8H2,(H,17,18). The lowest BCUT2D eigenvalue weighted by molar-refractivity contribution is 0.0693. The lowest BCUT2D eigenvalue weighted by atomic mass is 10.2. The third-order valence-corrected chi connectivity index (χ3v) is 4.63. The van der Waals surface area contributed by atoms with E-state index in [2.05, 4.69) is 31.9 Å². The van der Waals surface area contributed by atoms with Crippen LogP contribution >= 0.6 is 43.6 Å². The molecule has 0 heterocycles. The van der Waals surface area contributed by atoms with Crippen LogP contribution in [0, 0.1) is 0 Å². The Bertz CT molecular complexity index is 597. The zero-order valence-corrected chi connectivity index (χ0v) is 13.8. The van der Waals surface area contributed by atoms with Crippen molar-refractivity contribution in [2.75, 3.05) is 0 Å². The lowest BCUT2D eigenvalue weighted by Gasteiger charge is -2.07. The van der Waals surface area contributed by atoms with Gasteiger partial charge in [0.25, 0.3) is 0 Å². The minimum absolute atomic E-state index is 0.338. The Kier molecular flexibility index (Phi) is 5.07. The van der Waals surface area contributed by atoms with Crippen LogP contribution in [0.4, 0.5) is 0 Å². The monoisotopic (exact) mass is 400 g/mol. The summed E-state index contributed by atoms with van der Waals surface area (Å²) in [4.78, 5) is 11.9. The van der Waals surface area contributed by atoms with Crippen LogP contribution in [-0.2, 0) is 5.75 Å². The molecule has 0 saturated carbocycles. The van der Waals surface area contributed by atoms with E-state index < -0.39 is 5.97 Å². The second-order valence-corrected chi connectivity index (χ2v) is 6.71. The Morgan fingerprint density at radius 2 is 1.68 bits per heavy atom. The van der Waals surface area contributed by atoms with Crippen molar-refractivity contribution >= 4 is 49.6 Å². The van der Waals surface area contributed by atoms with Crippen molar-refractivity contribution in [3.8, 4) is 0 Å². The van der Waals surface area contributed by atoms with E-state index in [1.165, 1.54) is 11.8 Å². The largest absolute Gasteiger partial charge is 0.478 e. The van der Waals surface area contributed by atoms with Gasteiger partial charge in [-0.2, -0.15) is 0 Å². The number of hydrogen-bond donors (Lipinski definition) is 1. The number of carboxylic acid groups (broad SMARTS) is 1. The molecular weight excluding hydrogens is 392 g/mol. The maximum absolute atomic E-state index is 11.2. The second-order valence-electron chi connectivity index (χ2n) is 3.86. The van der Waals surface area contributed by atoms with Crippen molar-refractivity contribution in [1.29, 1.82) is 0 Å². The first-order valence-corrected chi connectivity index (χ1v) is 8.03. The zero-order chi connectivity index (χ0) is 13.8. The molecule has 0 fully saturated rings. The van der Waals surface area contributed by atoms with E-state index in [0.717, 1.165) is 25.2 Å². The van der Waals surface area contributed by atoms with Crippen molar-refractivity contribution in [1.82, 2.24) is 0 Å². The molecule has 98 valence electrons. The minimum atomic E-state index is -0.897. The average Bonchev–Trinajstić information content (AvgIpc) is 2.38. The highest BCUT2D eigenvalue weighted by Gasteiger charge is 2.10. The van der Waals surface area contributed by atoms with Crippen LogP contribution in [0.5, 0.6) is 0 Å². The molecule has 2 rings (SSSR count). The lowest BCUT2D eigenvalue weighted by Crippen LogP contribution is -1.98. The molecule has 1 N–H and O–H groups in total. The fourth-order valence-corrected chi connectivity index (χ4v) is 3.35. The first kappa shape index (κ1) is 14.6. The Labute approximate surface area is 132 Å². The summed E-state index contributed by atoms with van der Waals surface area (Å²) in [5.41, 5.74) is 1.50. The van der Waals surface area contributed by atoms with Gasteiger partial charge in [0.15, 0.2) is 0 Å². The molecule has 0 aromatic heterocycles. The summed E-state index contributed by atoms with van der Waals surface area (Å²) >= 11 is 8.28. The van der Waals surface area contributed by atoms with Crippen molar-refractivity contribution in [2.24, 2.45) is 0 Å². The first-order valence-electron chi connectivity index (χ1n) is 5.46. The number of hydrogen-bond acceptors (Lipinski definition) is 2. The summed E-state index contributed by atoms with van der Waals surface area (Å²) < 4.78 is 1.92. The molecule has 0 unspecified atom stereocenters. The van der Waals surface area contributed by atoms with Gasteiger partial charge in [-0.3, -0.25) is 0 Å². The summed E-state index contributed by atoms with van der Waals surface area (Å²) in [5, 5.41) is 9.16. The highest BCUT2D eigenvalue weighted by atomic mass is 79.9. The molecular formula is C14H10Br2O2S. The van der Waals surface area contributed by atoms with E-state index in [1.807, 2.05) is 30.3 Å². The van der Waals surface area contributed by atoms with Crippen LogP contribution in [0.2, 0.25) is 0 Å². The van der Waals surface area contributed by atoms with Crippen LogP contribution < -0.4 is 0 Å². The van der Waals surface area contributed by atoms with E-state index in [-0.39, 0.29) is 0 Å². The topological polar surface area (TPSA) is 37.3 Å². The van der Waals surface area contributed by atoms with E-state index in [9.17, 15) is 4.79 Å². The number of thioether (sulfide) groups is 1. The van der Waals surface area contributed by atoms with Crippen LogP contribution in [-0.4, -0.2) is 11.1 Å². The number of halogens is 2. The molecule has 0 spiro atoms. The maximum Gasteiger partial charge on any atom is 0.336 e. The fraction of sp³-hybridized carbons (Fsp3) is 0.0714. The Morgan fingerprint density at radius 3 is 2.32 bits per heavy atom. The van der Waals surface area contributed by atoms with Gasteiger partial charge >= 0.3 is 5.97 Å². The molecule has 2 aromatic rings. The van der Waals surface area contributed by atoms with Gasteiger partial charge in [-0.1, -0.05) is 44.0 Å². The van der Waals surface area contributed by atoms with Crippen LogP contribution in [0.3, 0.4) is 0 Å². The first-order chi connectivity index (χ1) is 9.06. The molecule has 0 atom stereocenters. The minimum Gasteiger partial charge on any atom is -0.478 e. The molecule has 0 aliphatic rings. The zero-order valence-electron chi connectivity index (χ0n) is 9.77. The van der Waals surface area contributed by atoms with Crippen molar-refractivity contribution in [3.05, 3.63) is 62.5 Å². The Morgan fingerprint density at radius 1 is 1.05 bits per heavy atom. The maximum atomic E-state index is 11.2. The van der Waals surface area contributed by atoms with Crippen LogP contribution in [0.25, 0.3) is 0 Å². The van der Waals surface area contributed by atoms with Gasteiger partial charge < -0.3 is 5.11 Å². The van der Waals surface area contributed by atoms with E-state index in [0.29, 0.717) is 5.56 Å². The number of carbonyl (C=O) groups is 1. The van der Waals surface area contributed by atoms with E-state index >= 15 is 0 Å². The summed E-state index contributed by atoms with van der Waals surface area (Å²) in [6, 6.07) is 13.2. The third kappa shape index (κ3) is 4.09. The summed E-state index contributed by atoms with van der Waals surface area (Å²) in [6.07, 6.45) is 0. The quantitative estimate of drug-likeness (QED) is 0.715. The highest BCUT2D eigenvalue weighted by Crippen LogP contribution is 2.29. The van der Waals surface area contributed by atoms with Crippen LogP contribution in [0.15, 0.2) is 56.3 Å². The highest BCUT2D eigenvalue weighted by molar-refractivity contribution is 9.10. The van der Waals surface area contributed by atoms with Crippen molar-refractivity contribution in [3.63, 3.8) is 0 Å². The number of rotatable bonds is 4. The van der Waals surface area contributed by atoms with E-state index in [1.54, 1.807) is 12.1 Å². The third-order valence-electron chi connectivity index (χ3n) is 2.48. The summed E-state index contributed by atoms with van der Waals surface area (Å²) in [6.45, 7) is 0. The summed E-state index contributed by atoms with van der Waals surface area (Å²) in [7, 11) is 0.